The Balaban J connectivity index is 2.03. The summed E-state index contributed by atoms with van der Waals surface area (Å²) in [4.78, 5) is 28.4. The second-order valence-electron chi connectivity index (χ2n) is 8.82. The van der Waals surface area contributed by atoms with E-state index in [1.165, 1.54) is 11.9 Å². The molecule has 2 amide bonds. The van der Waals surface area contributed by atoms with E-state index in [1.54, 1.807) is 12.1 Å². The highest BCUT2D eigenvalue weighted by molar-refractivity contribution is 7.92. The van der Waals surface area contributed by atoms with E-state index in [2.05, 4.69) is 5.32 Å². The van der Waals surface area contributed by atoms with Crippen molar-refractivity contribution in [2.24, 2.45) is 0 Å². The van der Waals surface area contributed by atoms with Crippen LogP contribution in [0.1, 0.15) is 22.3 Å². The van der Waals surface area contributed by atoms with Crippen LogP contribution in [0.5, 0.6) is 0 Å². The van der Waals surface area contributed by atoms with E-state index < -0.39 is 28.5 Å². The number of likely N-dealkylation sites (N-methyl/N-ethyl adjacent to an activating group) is 1. The summed E-state index contributed by atoms with van der Waals surface area (Å²) in [5, 5.41) is 2.67. The number of aryl methyl sites for hydroxylation is 1. The van der Waals surface area contributed by atoms with E-state index in [4.69, 9.17) is 0 Å². The quantitative estimate of drug-likeness (QED) is 0.455. The summed E-state index contributed by atoms with van der Waals surface area (Å²) in [6, 6.07) is 23.3. The largest absolute Gasteiger partial charge is 0.357 e. The molecule has 1 atom stereocenters. The summed E-state index contributed by atoms with van der Waals surface area (Å²) in [5.41, 5.74) is 3.88. The molecule has 0 heterocycles. The molecule has 3 aromatic rings. The molecule has 0 fully saturated rings. The Labute approximate surface area is 213 Å². The lowest BCUT2D eigenvalue weighted by Gasteiger charge is -2.33. The number of sulfonamides is 1. The lowest BCUT2D eigenvalue weighted by Crippen LogP contribution is -2.53. The fourth-order valence-electron chi connectivity index (χ4n) is 4.10. The van der Waals surface area contributed by atoms with Crippen molar-refractivity contribution in [3.8, 4) is 0 Å². The Morgan fingerprint density at radius 2 is 1.44 bits per heavy atom. The third-order valence-electron chi connectivity index (χ3n) is 6.24. The molecule has 0 saturated heterocycles. The second-order valence-corrected chi connectivity index (χ2v) is 10.7. The molecule has 0 spiro atoms. The number of hydrogen-bond donors (Lipinski definition) is 1. The molecule has 0 saturated carbocycles. The number of carbonyl (C=O) groups excluding carboxylic acids is 2. The standard InChI is InChI=1S/C28H33N3O4S/c1-21-12-11-17-25(22(21)2)31(36(4,34)35)20-27(32)30(19-24-15-9-6-10-16-24)26(28(33)29-3)18-23-13-7-5-8-14-23/h5-17,26H,18-20H2,1-4H3,(H,29,33)/t26-/m1/s1. The van der Waals surface area contributed by atoms with Gasteiger partial charge in [-0.25, -0.2) is 8.42 Å². The van der Waals surface area contributed by atoms with Gasteiger partial charge in [-0.2, -0.15) is 0 Å². The zero-order valence-corrected chi connectivity index (χ0v) is 22.0. The number of nitrogens with one attached hydrogen (secondary N) is 1. The van der Waals surface area contributed by atoms with Gasteiger partial charge in [-0.05, 0) is 42.2 Å². The van der Waals surface area contributed by atoms with E-state index in [-0.39, 0.29) is 12.5 Å². The fourth-order valence-corrected chi connectivity index (χ4v) is 5.00. The van der Waals surface area contributed by atoms with Gasteiger partial charge in [0, 0.05) is 20.0 Å². The van der Waals surface area contributed by atoms with Crippen molar-refractivity contribution in [2.75, 3.05) is 24.2 Å². The number of benzene rings is 3. The number of rotatable bonds is 10. The van der Waals surface area contributed by atoms with Crippen molar-refractivity contribution in [1.82, 2.24) is 10.2 Å². The maximum Gasteiger partial charge on any atom is 0.244 e. The van der Waals surface area contributed by atoms with Crippen LogP contribution >= 0.6 is 0 Å². The molecule has 0 bridgehead atoms. The van der Waals surface area contributed by atoms with Crippen molar-refractivity contribution in [3.63, 3.8) is 0 Å². The monoisotopic (exact) mass is 507 g/mol. The molecular formula is C28H33N3O4S. The van der Waals surface area contributed by atoms with E-state index in [0.717, 1.165) is 32.8 Å². The molecule has 190 valence electrons. The number of amides is 2. The van der Waals surface area contributed by atoms with Crippen LogP contribution < -0.4 is 9.62 Å². The minimum Gasteiger partial charge on any atom is -0.357 e. The van der Waals surface area contributed by atoms with Gasteiger partial charge in [-0.3, -0.25) is 13.9 Å². The number of anilines is 1. The van der Waals surface area contributed by atoms with Crippen molar-refractivity contribution in [1.29, 1.82) is 0 Å². The minimum absolute atomic E-state index is 0.162. The molecule has 0 unspecified atom stereocenters. The van der Waals surface area contributed by atoms with Gasteiger partial charge in [0.2, 0.25) is 21.8 Å². The summed E-state index contributed by atoms with van der Waals surface area (Å²) in [6.07, 6.45) is 1.38. The summed E-state index contributed by atoms with van der Waals surface area (Å²) in [6.45, 7) is 3.47. The van der Waals surface area contributed by atoms with Gasteiger partial charge in [-0.1, -0.05) is 72.8 Å². The van der Waals surface area contributed by atoms with Gasteiger partial charge < -0.3 is 10.2 Å². The normalized spacial score (nSPS) is 12.0. The topological polar surface area (TPSA) is 86.8 Å². The highest BCUT2D eigenvalue weighted by Crippen LogP contribution is 2.25. The van der Waals surface area contributed by atoms with Crippen LogP contribution in [-0.2, 0) is 32.6 Å². The molecule has 0 aliphatic heterocycles. The number of carbonyl (C=O) groups is 2. The third-order valence-corrected chi connectivity index (χ3v) is 7.36. The first kappa shape index (κ1) is 26.9. The Hall–Kier alpha value is -3.65. The average Bonchev–Trinajstić information content (AvgIpc) is 2.86. The summed E-state index contributed by atoms with van der Waals surface area (Å²) >= 11 is 0. The van der Waals surface area contributed by atoms with Crippen LogP contribution in [0.4, 0.5) is 5.69 Å². The smallest absolute Gasteiger partial charge is 0.244 e. The molecule has 3 aromatic carbocycles. The Morgan fingerprint density at radius 1 is 0.861 bits per heavy atom. The lowest BCUT2D eigenvalue weighted by atomic mass is 10.0. The van der Waals surface area contributed by atoms with Crippen LogP contribution in [0, 0.1) is 13.8 Å². The van der Waals surface area contributed by atoms with Crippen molar-refractivity contribution in [3.05, 3.63) is 101 Å². The molecule has 8 heteroatoms. The molecule has 0 aliphatic carbocycles. The minimum atomic E-state index is -3.78. The molecular weight excluding hydrogens is 474 g/mol. The van der Waals surface area contributed by atoms with Crippen LogP contribution in [0.2, 0.25) is 0 Å². The predicted molar refractivity (Wildman–Crippen MR) is 143 cm³/mol. The Bertz CT molecular complexity index is 1290. The van der Waals surface area contributed by atoms with Gasteiger partial charge in [-0.15, -0.1) is 0 Å². The first-order valence-electron chi connectivity index (χ1n) is 11.7. The number of hydrogen-bond acceptors (Lipinski definition) is 4. The molecule has 0 aromatic heterocycles. The molecule has 0 radical (unpaired) electrons. The lowest BCUT2D eigenvalue weighted by molar-refractivity contribution is -0.139. The molecule has 0 aliphatic rings. The SMILES string of the molecule is CNC(=O)[C@@H](Cc1ccccc1)N(Cc1ccccc1)C(=O)CN(c1cccc(C)c1C)S(C)(=O)=O. The molecule has 7 nitrogen and oxygen atoms in total. The van der Waals surface area contributed by atoms with Gasteiger partial charge in [0.25, 0.3) is 0 Å². The summed E-state index contributed by atoms with van der Waals surface area (Å²) < 4.78 is 26.8. The highest BCUT2D eigenvalue weighted by Gasteiger charge is 2.33. The van der Waals surface area contributed by atoms with Crippen molar-refractivity contribution in [2.45, 2.75) is 32.9 Å². The van der Waals surface area contributed by atoms with Crippen LogP contribution in [0.15, 0.2) is 78.9 Å². The average molecular weight is 508 g/mol. The predicted octanol–water partition coefficient (Wildman–Crippen LogP) is 3.46. The Kier molecular flexibility index (Phi) is 8.88. The van der Waals surface area contributed by atoms with E-state index in [0.29, 0.717) is 12.1 Å². The van der Waals surface area contributed by atoms with Gasteiger partial charge in [0.1, 0.15) is 12.6 Å². The zero-order chi connectivity index (χ0) is 26.3. The zero-order valence-electron chi connectivity index (χ0n) is 21.1. The van der Waals surface area contributed by atoms with Crippen LogP contribution in [0.25, 0.3) is 0 Å². The van der Waals surface area contributed by atoms with Gasteiger partial charge in [0.05, 0.1) is 11.9 Å². The third kappa shape index (κ3) is 6.73. The molecule has 3 rings (SSSR count). The molecule has 36 heavy (non-hydrogen) atoms. The maximum absolute atomic E-state index is 13.9. The fraction of sp³-hybridized carbons (Fsp3) is 0.286. The number of nitrogens with zero attached hydrogens (tertiary/aromatic N) is 2. The van der Waals surface area contributed by atoms with Crippen LogP contribution in [-0.4, -0.2) is 51.0 Å². The van der Waals surface area contributed by atoms with E-state index in [9.17, 15) is 18.0 Å². The summed E-state index contributed by atoms with van der Waals surface area (Å²) in [5.74, 6) is -0.782. The Morgan fingerprint density at radius 3 is 2.00 bits per heavy atom. The highest BCUT2D eigenvalue weighted by atomic mass is 32.2. The second kappa shape index (κ2) is 11.9. The van der Waals surface area contributed by atoms with Crippen molar-refractivity contribution < 1.29 is 18.0 Å². The first-order valence-corrected chi connectivity index (χ1v) is 13.6. The van der Waals surface area contributed by atoms with E-state index in [1.807, 2.05) is 80.6 Å². The van der Waals surface area contributed by atoms with Gasteiger partial charge in [0.15, 0.2) is 0 Å². The van der Waals surface area contributed by atoms with E-state index >= 15 is 0 Å². The van der Waals surface area contributed by atoms with Gasteiger partial charge >= 0.3 is 0 Å². The van der Waals surface area contributed by atoms with Crippen LogP contribution in [0.3, 0.4) is 0 Å². The first-order chi connectivity index (χ1) is 17.1. The summed E-state index contributed by atoms with van der Waals surface area (Å²) in [7, 11) is -2.25. The molecule has 1 N–H and O–H groups in total. The van der Waals surface area contributed by atoms with Crippen molar-refractivity contribution >= 4 is 27.5 Å². The maximum atomic E-state index is 13.9.